The number of amides is 1. The Bertz CT molecular complexity index is 1350. The molecule has 1 atom stereocenters. The number of anilines is 1. The fourth-order valence-electron chi connectivity index (χ4n) is 2.68. The van der Waals surface area contributed by atoms with Crippen LogP contribution < -0.4 is 10.1 Å². The first kappa shape index (κ1) is 24.4. The molecule has 0 aliphatic heterocycles. The average molecular weight is 503 g/mol. The van der Waals surface area contributed by atoms with E-state index < -0.39 is 44.0 Å². The second-order valence-corrected chi connectivity index (χ2v) is 9.43. The van der Waals surface area contributed by atoms with E-state index in [0.717, 1.165) is 36.7 Å². The van der Waals surface area contributed by atoms with E-state index in [9.17, 15) is 26.6 Å². The smallest absolute Gasteiger partial charge is 0.417 e. The van der Waals surface area contributed by atoms with Gasteiger partial charge in [0.25, 0.3) is 5.91 Å². The Morgan fingerprint density at radius 2 is 1.88 bits per heavy atom. The van der Waals surface area contributed by atoms with Crippen LogP contribution in [0.5, 0.6) is 11.5 Å². The molecule has 0 bridgehead atoms. The number of rotatable bonds is 5. The Labute approximate surface area is 190 Å². The molecule has 1 heterocycles. The summed E-state index contributed by atoms with van der Waals surface area (Å²) in [6, 6.07) is 5.88. The number of nitrogens with zero attached hydrogens (tertiary/aromatic N) is 2. The molecule has 3 rings (SSSR count). The van der Waals surface area contributed by atoms with Gasteiger partial charge in [0, 0.05) is 12.3 Å². The largest absolute Gasteiger partial charge is 0.456 e. The van der Waals surface area contributed by atoms with Crippen molar-refractivity contribution in [3.05, 3.63) is 70.1 Å². The van der Waals surface area contributed by atoms with Gasteiger partial charge in [-0.1, -0.05) is 11.6 Å². The average Bonchev–Trinajstić information content (AvgIpc) is 2.69. The first-order valence-electron chi connectivity index (χ1n) is 8.98. The van der Waals surface area contributed by atoms with E-state index in [-0.39, 0.29) is 27.6 Å². The fraction of sp³-hybridized carbons (Fsp3) is 0.150. The fourth-order valence-corrected chi connectivity index (χ4v) is 3.51. The topological polar surface area (TPSA) is 105 Å². The van der Waals surface area contributed by atoms with Crippen LogP contribution in [0.4, 0.5) is 23.2 Å². The van der Waals surface area contributed by atoms with E-state index in [1.165, 1.54) is 13.0 Å². The van der Waals surface area contributed by atoms with Crippen molar-refractivity contribution in [2.45, 2.75) is 18.1 Å². The molecule has 0 fully saturated rings. The third-order valence-corrected chi connectivity index (χ3v) is 5.58. The van der Waals surface area contributed by atoms with Crippen LogP contribution in [-0.2, 0) is 15.9 Å². The van der Waals surface area contributed by atoms with Gasteiger partial charge in [-0.3, -0.25) is 4.79 Å². The second-order valence-electron chi connectivity index (χ2n) is 6.92. The molecule has 2 aromatic carbocycles. The first-order chi connectivity index (χ1) is 15.3. The van der Waals surface area contributed by atoms with E-state index in [0.29, 0.717) is 6.07 Å². The third-order valence-electron chi connectivity index (χ3n) is 4.27. The maximum atomic E-state index is 13.4. The molecule has 7 nitrogen and oxygen atoms in total. The number of hydrogen-bond donors (Lipinski definition) is 2. The van der Waals surface area contributed by atoms with Crippen molar-refractivity contribution in [2.24, 2.45) is 0 Å². The molecule has 174 valence electrons. The van der Waals surface area contributed by atoms with E-state index in [1.54, 1.807) is 0 Å². The molecule has 1 aromatic heterocycles. The third kappa shape index (κ3) is 5.76. The van der Waals surface area contributed by atoms with Crippen LogP contribution in [-0.4, -0.2) is 26.6 Å². The lowest BCUT2D eigenvalue weighted by Gasteiger charge is -2.17. The Balaban J connectivity index is 2.06. The van der Waals surface area contributed by atoms with E-state index in [1.807, 2.05) is 0 Å². The summed E-state index contributed by atoms with van der Waals surface area (Å²) in [5.41, 5.74) is -1.32. The number of benzene rings is 2. The number of alkyl halides is 3. The molecule has 3 aromatic rings. The summed E-state index contributed by atoms with van der Waals surface area (Å²) in [5.74, 6) is -1.96. The number of halogens is 5. The number of ether oxygens (including phenoxy) is 1. The summed E-state index contributed by atoms with van der Waals surface area (Å²) in [4.78, 5) is 12.9. The standard InChI is InChI=1S/C20H15ClF4N4O3S/c1-10-5-11(22)3-4-16(10)32-17-8-14(20(23,24)25)15(21)7-13(17)19(30)28-12-6-18(29-27-9-12)33(2,26)31/h3-9,26H,1-2H3,(H,28,29,30). The number of aryl methyl sites for hydroxylation is 1. The summed E-state index contributed by atoms with van der Waals surface area (Å²) in [5, 5.41) is 8.56. The zero-order chi connectivity index (χ0) is 24.6. The summed E-state index contributed by atoms with van der Waals surface area (Å²) in [6.07, 6.45) is -2.63. The van der Waals surface area contributed by atoms with Gasteiger partial charge in [0.15, 0.2) is 5.03 Å². The van der Waals surface area contributed by atoms with Crippen molar-refractivity contribution < 1.29 is 31.3 Å². The first-order valence-corrected chi connectivity index (χ1v) is 11.3. The molecule has 0 aliphatic rings. The maximum absolute atomic E-state index is 13.4. The van der Waals surface area contributed by atoms with Gasteiger partial charge in [0.2, 0.25) is 0 Å². The number of aromatic nitrogens is 2. The van der Waals surface area contributed by atoms with Crippen molar-refractivity contribution in [1.82, 2.24) is 10.2 Å². The van der Waals surface area contributed by atoms with Gasteiger partial charge < -0.3 is 10.1 Å². The highest BCUT2D eigenvalue weighted by atomic mass is 35.5. The van der Waals surface area contributed by atoms with Gasteiger partial charge in [0.1, 0.15) is 17.3 Å². The van der Waals surface area contributed by atoms with Gasteiger partial charge in [-0.2, -0.15) is 18.3 Å². The minimum atomic E-state index is -4.83. The highest BCUT2D eigenvalue weighted by Crippen LogP contribution is 2.40. The predicted molar refractivity (Wildman–Crippen MR) is 113 cm³/mol. The SMILES string of the molecule is Cc1cc(F)ccc1Oc1cc(C(F)(F)F)c(Cl)cc1C(=O)Nc1cnnc(S(C)(=N)=O)c1. The normalized spacial score (nSPS) is 13.3. The van der Waals surface area contributed by atoms with Crippen molar-refractivity contribution in [3.8, 4) is 11.5 Å². The minimum Gasteiger partial charge on any atom is -0.456 e. The highest BCUT2D eigenvalue weighted by molar-refractivity contribution is 7.91. The molecule has 0 aliphatic carbocycles. The van der Waals surface area contributed by atoms with Crippen LogP contribution in [0.3, 0.4) is 0 Å². The van der Waals surface area contributed by atoms with Gasteiger partial charge in [-0.05, 0) is 42.8 Å². The molecule has 1 amide bonds. The van der Waals surface area contributed by atoms with E-state index >= 15 is 0 Å². The summed E-state index contributed by atoms with van der Waals surface area (Å²) >= 11 is 5.78. The summed E-state index contributed by atoms with van der Waals surface area (Å²) < 4.78 is 78.5. The van der Waals surface area contributed by atoms with Gasteiger partial charge in [-0.25, -0.2) is 13.4 Å². The van der Waals surface area contributed by atoms with E-state index in [2.05, 4.69) is 15.5 Å². The van der Waals surface area contributed by atoms with Crippen LogP contribution in [0.15, 0.2) is 47.6 Å². The lowest BCUT2D eigenvalue weighted by atomic mass is 10.1. The molecule has 0 saturated carbocycles. The van der Waals surface area contributed by atoms with Crippen molar-refractivity contribution in [2.75, 3.05) is 11.6 Å². The zero-order valence-corrected chi connectivity index (χ0v) is 18.5. The monoisotopic (exact) mass is 502 g/mol. The van der Waals surface area contributed by atoms with Crippen LogP contribution >= 0.6 is 11.6 Å². The number of carbonyl (C=O) groups excluding carboxylic acids is 1. The molecule has 13 heteroatoms. The molecule has 0 radical (unpaired) electrons. The zero-order valence-electron chi connectivity index (χ0n) is 17.0. The Morgan fingerprint density at radius 3 is 2.48 bits per heavy atom. The van der Waals surface area contributed by atoms with Crippen LogP contribution in [0.1, 0.15) is 21.5 Å². The predicted octanol–water partition coefficient (Wildman–Crippen LogP) is 5.68. The second kappa shape index (κ2) is 8.94. The molecule has 0 spiro atoms. The summed E-state index contributed by atoms with van der Waals surface area (Å²) in [6.45, 7) is 1.48. The molecule has 33 heavy (non-hydrogen) atoms. The molecule has 1 unspecified atom stereocenters. The Hall–Kier alpha value is -3.25. The molecule has 2 N–H and O–H groups in total. The lowest BCUT2D eigenvalue weighted by Crippen LogP contribution is -2.16. The van der Waals surface area contributed by atoms with Crippen molar-refractivity contribution >= 4 is 32.9 Å². The molecular formula is C20H15ClF4N4O3S. The van der Waals surface area contributed by atoms with Crippen LogP contribution in [0.25, 0.3) is 0 Å². The van der Waals surface area contributed by atoms with Gasteiger partial charge >= 0.3 is 6.18 Å². The van der Waals surface area contributed by atoms with Crippen LogP contribution in [0.2, 0.25) is 5.02 Å². The maximum Gasteiger partial charge on any atom is 0.417 e. The van der Waals surface area contributed by atoms with Gasteiger partial charge in [-0.15, -0.1) is 5.10 Å². The number of carbonyl (C=O) groups is 1. The Kier molecular flexibility index (Phi) is 6.61. The Morgan fingerprint density at radius 1 is 1.18 bits per heavy atom. The quantitative estimate of drug-likeness (QED) is 0.437. The van der Waals surface area contributed by atoms with Crippen LogP contribution in [0, 0.1) is 17.5 Å². The molecular weight excluding hydrogens is 488 g/mol. The summed E-state index contributed by atoms with van der Waals surface area (Å²) in [7, 11) is -3.24. The van der Waals surface area contributed by atoms with Gasteiger partial charge in [0.05, 0.1) is 37.8 Å². The number of hydrogen-bond acceptors (Lipinski definition) is 6. The molecule has 0 saturated heterocycles. The number of nitrogens with one attached hydrogen (secondary N) is 2. The highest BCUT2D eigenvalue weighted by Gasteiger charge is 2.35. The minimum absolute atomic E-state index is 0.00763. The van der Waals surface area contributed by atoms with E-state index in [4.69, 9.17) is 21.1 Å². The lowest BCUT2D eigenvalue weighted by molar-refractivity contribution is -0.137. The van der Waals surface area contributed by atoms with Crippen molar-refractivity contribution in [3.63, 3.8) is 0 Å². The van der Waals surface area contributed by atoms with Crippen molar-refractivity contribution in [1.29, 1.82) is 4.78 Å².